The molecule has 1 rings (SSSR count). The van der Waals surface area contributed by atoms with Crippen LogP contribution in [-0.4, -0.2) is 29.3 Å². The molecule has 6 heteroatoms. The summed E-state index contributed by atoms with van der Waals surface area (Å²) < 4.78 is 5.49. The van der Waals surface area contributed by atoms with Crippen LogP contribution in [0.3, 0.4) is 0 Å². The van der Waals surface area contributed by atoms with Crippen molar-refractivity contribution in [3.63, 3.8) is 0 Å². The van der Waals surface area contributed by atoms with Crippen molar-refractivity contribution >= 4 is 11.4 Å². The summed E-state index contributed by atoms with van der Waals surface area (Å²) in [5, 5.41) is 23.4. The molecule has 0 spiro atoms. The lowest BCUT2D eigenvalue weighted by molar-refractivity contribution is -0.384. The van der Waals surface area contributed by atoms with Gasteiger partial charge in [-0.05, 0) is 18.8 Å². The summed E-state index contributed by atoms with van der Waals surface area (Å²) in [6.45, 7) is 6.65. The van der Waals surface area contributed by atoms with Crippen molar-refractivity contribution in [3.05, 3.63) is 28.3 Å². The second kappa shape index (κ2) is 8.46. The van der Waals surface area contributed by atoms with Crippen LogP contribution in [0.1, 0.15) is 33.6 Å². The summed E-state index contributed by atoms with van der Waals surface area (Å²) in [5.41, 5.74) is 0.639. The highest BCUT2D eigenvalue weighted by Crippen LogP contribution is 2.27. The largest absolute Gasteiger partial charge is 0.493 e. The first-order valence-electron chi connectivity index (χ1n) is 7.27. The van der Waals surface area contributed by atoms with Crippen LogP contribution in [-0.2, 0) is 0 Å². The topological polar surface area (TPSA) is 84.6 Å². The maximum atomic E-state index is 11.0. The van der Waals surface area contributed by atoms with E-state index in [9.17, 15) is 10.1 Å². The highest BCUT2D eigenvalue weighted by Gasteiger charge is 2.16. The number of nitro benzene ring substituents is 1. The average molecular weight is 296 g/mol. The zero-order valence-corrected chi connectivity index (χ0v) is 12.8. The molecule has 118 valence electrons. The molecule has 1 unspecified atom stereocenters. The van der Waals surface area contributed by atoms with E-state index in [-0.39, 0.29) is 18.3 Å². The minimum atomic E-state index is -0.430. The minimum absolute atomic E-state index is 0.00222. The summed E-state index contributed by atoms with van der Waals surface area (Å²) in [7, 11) is 0. The molecule has 1 aromatic rings. The number of anilines is 1. The zero-order valence-electron chi connectivity index (χ0n) is 12.8. The van der Waals surface area contributed by atoms with Crippen LogP contribution < -0.4 is 10.1 Å². The van der Waals surface area contributed by atoms with Crippen molar-refractivity contribution in [1.29, 1.82) is 0 Å². The molecule has 1 atom stereocenters. The lowest BCUT2D eigenvalue weighted by Crippen LogP contribution is -2.26. The smallest absolute Gasteiger partial charge is 0.275 e. The van der Waals surface area contributed by atoms with Crippen LogP contribution in [0.15, 0.2) is 18.2 Å². The number of nitrogens with zero attached hydrogens (tertiary/aromatic N) is 1. The van der Waals surface area contributed by atoms with Gasteiger partial charge < -0.3 is 15.2 Å². The average Bonchev–Trinajstić information content (AvgIpc) is 2.44. The molecule has 0 aliphatic rings. The van der Waals surface area contributed by atoms with E-state index in [0.717, 1.165) is 6.42 Å². The number of non-ortho nitro benzene ring substituents is 1. The van der Waals surface area contributed by atoms with Gasteiger partial charge in [0.15, 0.2) is 0 Å². The van der Waals surface area contributed by atoms with Crippen molar-refractivity contribution in [2.45, 2.75) is 39.7 Å². The molecule has 1 aromatic carbocycles. The number of ether oxygens (including phenoxy) is 1. The van der Waals surface area contributed by atoms with Gasteiger partial charge in [-0.2, -0.15) is 0 Å². The quantitative estimate of drug-likeness (QED) is 0.540. The van der Waals surface area contributed by atoms with Crippen LogP contribution in [0.4, 0.5) is 11.4 Å². The van der Waals surface area contributed by atoms with Gasteiger partial charge in [-0.3, -0.25) is 10.1 Å². The van der Waals surface area contributed by atoms with Crippen molar-refractivity contribution in [3.8, 4) is 5.75 Å². The second-order valence-corrected chi connectivity index (χ2v) is 5.33. The number of aliphatic hydroxyl groups excluding tert-OH is 1. The molecule has 2 N–H and O–H groups in total. The van der Waals surface area contributed by atoms with E-state index in [1.807, 2.05) is 20.8 Å². The molecule has 0 amide bonds. The van der Waals surface area contributed by atoms with Gasteiger partial charge in [0, 0.05) is 30.5 Å². The lowest BCUT2D eigenvalue weighted by atomic mass is 10.0. The Bertz CT molecular complexity index is 463. The summed E-state index contributed by atoms with van der Waals surface area (Å²) in [5.74, 6) is 0.788. The van der Waals surface area contributed by atoms with Crippen molar-refractivity contribution < 1.29 is 14.8 Å². The van der Waals surface area contributed by atoms with Crippen LogP contribution in [0.25, 0.3) is 0 Å². The van der Waals surface area contributed by atoms with Crippen molar-refractivity contribution in [2.75, 3.05) is 18.5 Å². The van der Waals surface area contributed by atoms with Crippen LogP contribution in [0.2, 0.25) is 0 Å². The van der Waals surface area contributed by atoms with Gasteiger partial charge in [-0.1, -0.05) is 20.8 Å². The maximum Gasteiger partial charge on any atom is 0.275 e. The highest BCUT2D eigenvalue weighted by molar-refractivity contribution is 5.56. The molecule has 21 heavy (non-hydrogen) atoms. The first-order valence-corrected chi connectivity index (χ1v) is 7.27. The zero-order chi connectivity index (χ0) is 15.8. The van der Waals surface area contributed by atoms with Gasteiger partial charge >= 0.3 is 0 Å². The first-order chi connectivity index (χ1) is 9.97. The first kappa shape index (κ1) is 17.2. The third-order valence-corrected chi connectivity index (χ3v) is 3.17. The number of nitrogens with one attached hydrogen (secondary N) is 1. The number of aliphatic hydroxyl groups is 1. The Morgan fingerprint density at radius 3 is 2.62 bits per heavy atom. The number of hydrogen-bond donors (Lipinski definition) is 2. The molecular weight excluding hydrogens is 272 g/mol. The Kier molecular flexibility index (Phi) is 6.94. The molecule has 0 bridgehead atoms. The molecule has 0 saturated carbocycles. The molecule has 6 nitrogen and oxygen atoms in total. The molecular formula is C15H24N2O4. The van der Waals surface area contributed by atoms with Gasteiger partial charge in [-0.25, -0.2) is 0 Å². The predicted molar refractivity (Wildman–Crippen MR) is 82.8 cm³/mol. The lowest BCUT2D eigenvalue weighted by Gasteiger charge is -2.23. The SMILES string of the molecule is CCCOc1cc(NC(CCO)C(C)C)cc([N+](=O)[O-])c1. The van der Waals surface area contributed by atoms with Gasteiger partial charge in [0.05, 0.1) is 17.6 Å². The monoisotopic (exact) mass is 296 g/mol. The molecule has 0 radical (unpaired) electrons. The van der Waals surface area contributed by atoms with Crippen LogP contribution in [0.5, 0.6) is 5.75 Å². The molecule has 0 aromatic heterocycles. The fourth-order valence-electron chi connectivity index (χ4n) is 2.00. The van der Waals surface area contributed by atoms with E-state index in [1.165, 1.54) is 12.1 Å². The van der Waals surface area contributed by atoms with Gasteiger partial charge in [0.2, 0.25) is 0 Å². The Balaban J connectivity index is 2.98. The second-order valence-electron chi connectivity index (χ2n) is 5.33. The number of rotatable bonds is 9. The van der Waals surface area contributed by atoms with E-state index in [0.29, 0.717) is 30.4 Å². The molecule has 0 fully saturated rings. The molecule has 0 heterocycles. The van der Waals surface area contributed by atoms with Crippen molar-refractivity contribution in [1.82, 2.24) is 0 Å². The fourth-order valence-corrected chi connectivity index (χ4v) is 2.00. The normalized spacial score (nSPS) is 12.2. The third kappa shape index (κ3) is 5.59. The summed E-state index contributed by atoms with van der Waals surface area (Å²) in [6.07, 6.45) is 1.43. The standard InChI is InChI=1S/C15H24N2O4/c1-4-7-21-14-9-12(8-13(10-14)17(19)20)16-15(5-6-18)11(2)3/h8-11,15-16,18H,4-7H2,1-3H3. The number of hydrogen-bond acceptors (Lipinski definition) is 5. The van der Waals surface area contributed by atoms with E-state index >= 15 is 0 Å². The number of nitro groups is 1. The summed E-state index contributed by atoms with van der Waals surface area (Å²) >= 11 is 0. The van der Waals surface area contributed by atoms with Crippen LogP contribution in [0, 0.1) is 16.0 Å². The summed E-state index contributed by atoms with van der Waals surface area (Å²) in [4.78, 5) is 10.6. The molecule has 0 saturated heterocycles. The predicted octanol–water partition coefficient (Wildman–Crippen LogP) is 3.20. The van der Waals surface area contributed by atoms with E-state index in [4.69, 9.17) is 9.84 Å². The minimum Gasteiger partial charge on any atom is -0.493 e. The van der Waals surface area contributed by atoms with Gasteiger partial charge in [0.25, 0.3) is 5.69 Å². The van der Waals surface area contributed by atoms with Gasteiger partial charge in [0.1, 0.15) is 5.75 Å². The molecule has 0 aliphatic carbocycles. The maximum absolute atomic E-state index is 11.0. The Morgan fingerprint density at radius 2 is 2.10 bits per heavy atom. The Morgan fingerprint density at radius 1 is 1.38 bits per heavy atom. The Labute approximate surface area is 125 Å². The number of benzene rings is 1. The van der Waals surface area contributed by atoms with Crippen molar-refractivity contribution in [2.24, 2.45) is 5.92 Å². The van der Waals surface area contributed by atoms with E-state index in [2.05, 4.69) is 5.32 Å². The summed E-state index contributed by atoms with van der Waals surface area (Å²) in [6, 6.07) is 4.73. The Hall–Kier alpha value is -1.82. The molecule has 0 aliphatic heterocycles. The van der Waals surface area contributed by atoms with E-state index < -0.39 is 4.92 Å². The highest BCUT2D eigenvalue weighted by atomic mass is 16.6. The fraction of sp³-hybridized carbons (Fsp3) is 0.600. The van der Waals surface area contributed by atoms with Gasteiger partial charge in [-0.15, -0.1) is 0 Å². The van der Waals surface area contributed by atoms with E-state index in [1.54, 1.807) is 6.07 Å². The third-order valence-electron chi connectivity index (χ3n) is 3.17. The van der Waals surface area contributed by atoms with Crippen LogP contribution >= 0.6 is 0 Å².